The van der Waals surface area contributed by atoms with Crippen LogP contribution in [-0.2, 0) is 4.79 Å². The smallest absolute Gasteiger partial charge is 0.270 e. The number of aromatic nitrogens is 2. The zero-order valence-corrected chi connectivity index (χ0v) is 11.3. The molecule has 0 spiro atoms. The molecular weight excluding hydrogens is 256 g/mol. The highest BCUT2D eigenvalue weighted by Crippen LogP contribution is 2.04. The van der Waals surface area contributed by atoms with Gasteiger partial charge in [-0.2, -0.15) is 0 Å². The van der Waals surface area contributed by atoms with E-state index < -0.39 is 5.91 Å². The first-order valence-corrected chi connectivity index (χ1v) is 5.85. The topological polar surface area (TPSA) is 75.2 Å². The van der Waals surface area contributed by atoms with E-state index in [9.17, 15) is 9.59 Å². The molecule has 0 radical (unpaired) electrons. The van der Waals surface area contributed by atoms with Gasteiger partial charge in [0, 0.05) is 19.3 Å². The maximum absolute atomic E-state index is 11.7. The molecule has 18 heavy (non-hydrogen) atoms. The van der Waals surface area contributed by atoms with Gasteiger partial charge in [-0.3, -0.25) is 9.59 Å². The van der Waals surface area contributed by atoms with Crippen LogP contribution >= 0.6 is 11.6 Å². The largest absolute Gasteiger partial charge is 0.345 e. The number of carbonyl (C=O) groups excluding carboxylic acids is 2. The maximum Gasteiger partial charge on any atom is 0.270 e. The number of aryl methyl sites for hydroxylation is 1. The van der Waals surface area contributed by atoms with Crippen molar-refractivity contribution in [1.29, 1.82) is 0 Å². The molecule has 1 aromatic heterocycles. The predicted molar refractivity (Wildman–Crippen MR) is 67.4 cm³/mol. The van der Waals surface area contributed by atoms with E-state index in [4.69, 9.17) is 11.6 Å². The Morgan fingerprint density at radius 2 is 2.11 bits per heavy atom. The molecule has 1 heterocycles. The average Bonchev–Trinajstić information content (AvgIpc) is 2.33. The number of hydrogen-bond acceptors (Lipinski definition) is 4. The van der Waals surface area contributed by atoms with E-state index >= 15 is 0 Å². The van der Waals surface area contributed by atoms with Crippen LogP contribution in [0.2, 0.25) is 5.28 Å². The van der Waals surface area contributed by atoms with Crippen LogP contribution in [0.4, 0.5) is 0 Å². The second kappa shape index (κ2) is 6.30. The van der Waals surface area contributed by atoms with Crippen LogP contribution in [0.5, 0.6) is 0 Å². The molecule has 1 rings (SSSR count). The molecule has 0 unspecified atom stereocenters. The second-order valence-electron chi connectivity index (χ2n) is 3.75. The lowest BCUT2D eigenvalue weighted by molar-refractivity contribution is -0.128. The molecule has 0 aliphatic rings. The van der Waals surface area contributed by atoms with Crippen LogP contribution in [-0.4, -0.2) is 46.8 Å². The molecule has 7 heteroatoms. The van der Waals surface area contributed by atoms with Crippen molar-refractivity contribution in [3.8, 4) is 0 Å². The lowest BCUT2D eigenvalue weighted by Crippen LogP contribution is -2.38. The number of rotatable bonds is 4. The molecule has 0 aliphatic heterocycles. The average molecular weight is 271 g/mol. The molecule has 0 atom stereocenters. The van der Waals surface area contributed by atoms with Crippen LogP contribution < -0.4 is 5.32 Å². The van der Waals surface area contributed by atoms with Gasteiger partial charge in [0.15, 0.2) is 0 Å². The van der Waals surface area contributed by atoms with Crippen molar-refractivity contribution < 1.29 is 9.59 Å². The summed E-state index contributed by atoms with van der Waals surface area (Å²) in [5.74, 6) is -0.608. The van der Waals surface area contributed by atoms with Crippen LogP contribution in [0.3, 0.4) is 0 Å². The van der Waals surface area contributed by atoms with Gasteiger partial charge in [0.05, 0.1) is 6.54 Å². The van der Waals surface area contributed by atoms with Crippen LogP contribution in [0.15, 0.2) is 6.07 Å². The van der Waals surface area contributed by atoms with Crippen LogP contribution in [0, 0.1) is 6.92 Å². The highest BCUT2D eigenvalue weighted by Gasteiger charge is 2.12. The van der Waals surface area contributed by atoms with Crippen molar-refractivity contribution in [3.63, 3.8) is 0 Å². The van der Waals surface area contributed by atoms with Gasteiger partial charge in [0.2, 0.25) is 11.2 Å². The lowest BCUT2D eigenvalue weighted by atomic mass is 10.3. The van der Waals surface area contributed by atoms with Crippen molar-refractivity contribution in [1.82, 2.24) is 20.2 Å². The van der Waals surface area contributed by atoms with E-state index in [1.54, 1.807) is 14.0 Å². The van der Waals surface area contributed by atoms with Crippen molar-refractivity contribution in [3.05, 3.63) is 22.7 Å². The first kappa shape index (κ1) is 14.4. The third kappa shape index (κ3) is 3.96. The number of nitrogens with zero attached hydrogens (tertiary/aromatic N) is 3. The highest BCUT2D eigenvalue weighted by molar-refractivity contribution is 6.28. The lowest BCUT2D eigenvalue weighted by Gasteiger charge is -2.14. The number of amides is 2. The molecular formula is C11H15ClN4O2. The highest BCUT2D eigenvalue weighted by atomic mass is 35.5. The second-order valence-corrected chi connectivity index (χ2v) is 4.09. The van der Waals surface area contributed by atoms with Crippen molar-refractivity contribution in [2.75, 3.05) is 20.1 Å². The van der Waals surface area contributed by atoms with E-state index in [1.165, 1.54) is 11.0 Å². The third-order valence-corrected chi connectivity index (χ3v) is 2.53. The molecule has 1 N–H and O–H groups in total. The predicted octanol–water partition coefficient (Wildman–Crippen LogP) is 0.647. The third-order valence-electron chi connectivity index (χ3n) is 2.36. The number of carbonyl (C=O) groups is 2. The first-order valence-electron chi connectivity index (χ1n) is 5.47. The summed E-state index contributed by atoms with van der Waals surface area (Å²) in [5.41, 5.74) is 0.747. The molecule has 0 aliphatic carbocycles. The Balaban J connectivity index is 2.63. The van der Waals surface area contributed by atoms with Gasteiger partial charge in [-0.25, -0.2) is 9.97 Å². The molecule has 6 nitrogen and oxygen atoms in total. The zero-order chi connectivity index (χ0) is 13.7. The molecule has 0 fully saturated rings. The summed E-state index contributed by atoms with van der Waals surface area (Å²) in [4.78, 5) is 32.4. The Bertz CT molecular complexity index is 444. The van der Waals surface area contributed by atoms with E-state index in [0.29, 0.717) is 12.2 Å². The fourth-order valence-electron chi connectivity index (χ4n) is 1.21. The van der Waals surface area contributed by atoms with Gasteiger partial charge in [-0.1, -0.05) is 0 Å². The summed E-state index contributed by atoms with van der Waals surface area (Å²) in [6.45, 7) is 4.09. The Labute approximate surface area is 110 Å². The number of halogens is 1. The fourth-order valence-corrected chi connectivity index (χ4v) is 1.43. The summed E-state index contributed by atoms with van der Waals surface area (Å²) >= 11 is 5.65. The number of likely N-dealkylation sites (N-methyl/N-ethyl adjacent to an activating group) is 1. The summed E-state index contributed by atoms with van der Waals surface area (Å²) in [6.07, 6.45) is 0. The monoisotopic (exact) mass is 270 g/mol. The van der Waals surface area contributed by atoms with Crippen LogP contribution in [0.25, 0.3) is 0 Å². The SMILES string of the molecule is CCN(C)C(=O)CNC(=O)c1cc(C)nc(Cl)n1. The standard InChI is InChI=1S/C11H15ClN4O2/c1-4-16(3)9(17)6-13-10(18)8-5-7(2)14-11(12)15-8/h5H,4,6H2,1-3H3,(H,13,18). The molecule has 98 valence electrons. The Morgan fingerprint density at radius 1 is 1.44 bits per heavy atom. The summed E-state index contributed by atoms with van der Waals surface area (Å²) < 4.78 is 0. The molecule has 0 saturated carbocycles. The van der Waals surface area contributed by atoms with Gasteiger partial charge in [0.1, 0.15) is 5.69 Å². The maximum atomic E-state index is 11.7. The van der Waals surface area contributed by atoms with Crippen LogP contribution in [0.1, 0.15) is 23.1 Å². The Hall–Kier alpha value is -1.69. The summed E-state index contributed by atoms with van der Waals surface area (Å²) in [6, 6.07) is 1.51. The molecule has 0 saturated heterocycles. The Kier molecular flexibility index (Phi) is 5.03. The van der Waals surface area contributed by atoms with E-state index in [2.05, 4.69) is 15.3 Å². The van der Waals surface area contributed by atoms with Crippen molar-refractivity contribution in [2.45, 2.75) is 13.8 Å². The number of nitrogens with one attached hydrogen (secondary N) is 1. The van der Waals surface area contributed by atoms with E-state index in [1.807, 2.05) is 6.92 Å². The van der Waals surface area contributed by atoms with E-state index in [-0.39, 0.29) is 23.4 Å². The van der Waals surface area contributed by atoms with Crippen molar-refractivity contribution >= 4 is 23.4 Å². The molecule has 0 bridgehead atoms. The van der Waals surface area contributed by atoms with Gasteiger partial charge in [-0.15, -0.1) is 0 Å². The van der Waals surface area contributed by atoms with Gasteiger partial charge in [-0.05, 0) is 31.5 Å². The normalized spacial score (nSPS) is 10.0. The molecule has 0 aromatic carbocycles. The van der Waals surface area contributed by atoms with Gasteiger partial charge < -0.3 is 10.2 Å². The minimum absolute atomic E-state index is 0.0113. The first-order chi connectivity index (χ1) is 8.43. The van der Waals surface area contributed by atoms with Gasteiger partial charge >= 0.3 is 0 Å². The molecule has 1 aromatic rings. The van der Waals surface area contributed by atoms with Crippen molar-refractivity contribution in [2.24, 2.45) is 0 Å². The van der Waals surface area contributed by atoms with E-state index in [0.717, 1.165) is 0 Å². The zero-order valence-electron chi connectivity index (χ0n) is 10.5. The minimum Gasteiger partial charge on any atom is -0.345 e. The quantitative estimate of drug-likeness (QED) is 0.815. The van der Waals surface area contributed by atoms with Gasteiger partial charge in [0.25, 0.3) is 5.91 Å². The number of hydrogen-bond donors (Lipinski definition) is 1. The fraction of sp³-hybridized carbons (Fsp3) is 0.455. The summed E-state index contributed by atoms with van der Waals surface area (Å²) in [5, 5.41) is 2.50. The Morgan fingerprint density at radius 3 is 2.67 bits per heavy atom. The summed E-state index contributed by atoms with van der Waals surface area (Å²) in [7, 11) is 1.67. The minimum atomic E-state index is -0.444. The molecule has 2 amide bonds.